The Kier molecular flexibility index (Phi) is 2.87. The molecule has 0 unspecified atom stereocenters. The maximum absolute atomic E-state index is 10.9. The van der Waals surface area contributed by atoms with Gasteiger partial charge in [0.15, 0.2) is 0 Å². The summed E-state index contributed by atoms with van der Waals surface area (Å²) in [6.07, 6.45) is 1.70. The lowest BCUT2D eigenvalue weighted by molar-refractivity contribution is 0.686. The van der Waals surface area contributed by atoms with Gasteiger partial charge in [-0.1, -0.05) is 12.1 Å². The molecule has 0 fully saturated rings. The second-order valence-corrected chi connectivity index (χ2v) is 4.28. The zero-order valence-electron chi connectivity index (χ0n) is 7.33. The molecule has 0 radical (unpaired) electrons. The first-order chi connectivity index (χ1) is 5.61. The first-order valence-corrected chi connectivity index (χ1v) is 5.48. The fourth-order valence-corrected chi connectivity index (χ4v) is 1.83. The summed E-state index contributed by atoms with van der Waals surface area (Å²) in [4.78, 5) is 0. The molecule has 2 nitrogen and oxygen atoms in total. The Morgan fingerprint density at radius 3 is 2.75 bits per heavy atom. The average molecular weight is 183 g/mol. The number of hydrogen-bond donors (Lipinski definition) is 1. The molecular weight excluding hydrogens is 170 g/mol. The third-order valence-electron chi connectivity index (χ3n) is 1.85. The van der Waals surface area contributed by atoms with Crippen molar-refractivity contribution in [3.8, 4) is 0 Å². The summed E-state index contributed by atoms with van der Waals surface area (Å²) in [5, 5.41) is 0. The van der Waals surface area contributed by atoms with Crippen LogP contribution in [-0.2, 0) is 16.6 Å². The molecule has 2 N–H and O–H groups in total. The van der Waals surface area contributed by atoms with Crippen LogP contribution in [0.2, 0.25) is 0 Å². The second-order valence-electron chi connectivity index (χ2n) is 2.85. The highest BCUT2D eigenvalue weighted by Gasteiger charge is 2.01. The van der Waals surface area contributed by atoms with Crippen LogP contribution in [0, 0.1) is 6.92 Å². The maximum atomic E-state index is 10.9. The Morgan fingerprint density at radius 2 is 2.17 bits per heavy atom. The van der Waals surface area contributed by atoms with Crippen molar-refractivity contribution in [1.82, 2.24) is 0 Å². The molecule has 0 heterocycles. The molecular formula is C9H13NOS. The number of anilines is 1. The van der Waals surface area contributed by atoms with Crippen LogP contribution in [0.3, 0.4) is 0 Å². The van der Waals surface area contributed by atoms with Gasteiger partial charge < -0.3 is 5.73 Å². The molecule has 1 aromatic carbocycles. The van der Waals surface area contributed by atoms with Gasteiger partial charge in [-0.05, 0) is 24.1 Å². The molecule has 1 aromatic rings. The fraction of sp³-hybridized carbons (Fsp3) is 0.333. The number of hydrogen-bond acceptors (Lipinski definition) is 2. The predicted octanol–water partition coefficient (Wildman–Crippen LogP) is 1.46. The minimum absolute atomic E-state index is 0.594. The zero-order chi connectivity index (χ0) is 9.14. The van der Waals surface area contributed by atoms with Gasteiger partial charge in [0.25, 0.3) is 0 Å². The summed E-state index contributed by atoms with van der Waals surface area (Å²) >= 11 is 0. The Hall–Kier alpha value is -0.830. The summed E-state index contributed by atoms with van der Waals surface area (Å²) in [5.41, 5.74) is 8.60. The van der Waals surface area contributed by atoms with E-state index in [0.717, 1.165) is 16.8 Å². The van der Waals surface area contributed by atoms with E-state index in [1.165, 1.54) is 0 Å². The van der Waals surface area contributed by atoms with E-state index in [2.05, 4.69) is 0 Å². The lowest BCUT2D eigenvalue weighted by Gasteiger charge is -2.05. The first kappa shape index (κ1) is 9.26. The van der Waals surface area contributed by atoms with E-state index in [0.29, 0.717) is 5.75 Å². The lowest BCUT2D eigenvalue weighted by Crippen LogP contribution is -1.98. The third-order valence-corrected chi connectivity index (χ3v) is 2.56. The molecule has 0 aromatic heterocycles. The zero-order valence-corrected chi connectivity index (χ0v) is 8.15. The topological polar surface area (TPSA) is 43.1 Å². The number of nitrogens with two attached hydrogens (primary N) is 1. The van der Waals surface area contributed by atoms with Crippen LogP contribution in [0.1, 0.15) is 11.1 Å². The van der Waals surface area contributed by atoms with E-state index in [1.54, 1.807) is 6.26 Å². The first-order valence-electron chi connectivity index (χ1n) is 3.75. The molecule has 1 atom stereocenters. The highest BCUT2D eigenvalue weighted by molar-refractivity contribution is 7.83. The Bertz CT molecular complexity index is 309. The van der Waals surface area contributed by atoms with Crippen molar-refractivity contribution >= 4 is 16.5 Å². The molecule has 0 saturated carbocycles. The molecule has 1 rings (SSSR count). The van der Waals surface area contributed by atoms with Gasteiger partial charge in [-0.2, -0.15) is 0 Å². The molecule has 0 bridgehead atoms. The molecule has 0 spiro atoms. The molecule has 0 aliphatic rings. The highest BCUT2D eigenvalue weighted by atomic mass is 32.2. The van der Waals surface area contributed by atoms with E-state index in [4.69, 9.17) is 5.73 Å². The van der Waals surface area contributed by atoms with Gasteiger partial charge in [-0.15, -0.1) is 0 Å². The number of nitrogen functional groups attached to an aromatic ring is 1. The monoisotopic (exact) mass is 183 g/mol. The van der Waals surface area contributed by atoms with Crippen LogP contribution in [0.25, 0.3) is 0 Å². The Morgan fingerprint density at radius 1 is 1.50 bits per heavy atom. The van der Waals surface area contributed by atoms with Crippen molar-refractivity contribution in [2.75, 3.05) is 12.0 Å². The Labute approximate surface area is 75.2 Å². The molecule has 3 heteroatoms. The van der Waals surface area contributed by atoms with Gasteiger partial charge in [0.1, 0.15) is 0 Å². The second kappa shape index (κ2) is 3.72. The van der Waals surface area contributed by atoms with Crippen molar-refractivity contribution in [3.63, 3.8) is 0 Å². The molecule has 0 saturated heterocycles. The lowest BCUT2D eigenvalue weighted by atomic mass is 10.1. The van der Waals surface area contributed by atoms with Crippen molar-refractivity contribution in [2.45, 2.75) is 12.7 Å². The quantitative estimate of drug-likeness (QED) is 0.705. The van der Waals surface area contributed by atoms with Gasteiger partial charge in [-0.3, -0.25) is 4.21 Å². The minimum Gasteiger partial charge on any atom is -0.399 e. The van der Waals surface area contributed by atoms with Crippen molar-refractivity contribution < 1.29 is 4.21 Å². The maximum Gasteiger partial charge on any atom is 0.0486 e. The van der Waals surface area contributed by atoms with Gasteiger partial charge in [0.05, 0.1) is 0 Å². The summed E-state index contributed by atoms with van der Waals surface area (Å²) < 4.78 is 10.9. The van der Waals surface area contributed by atoms with Crippen LogP contribution in [0.5, 0.6) is 0 Å². The number of rotatable bonds is 2. The molecule has 0 aliphatic carbocycles. The minimum atomic E-state index is -0.791. The van der Waals surface area contributed by atoms with Crippen LogP contribution < -0.4 is 5.73 Å². The standard InChI is InChI=1S/C9H13NOS/c1-7-8(6-12(2)11)4-3-5-9(7)10/h3-5H,6,10H2,1-2H3/t12-/m0/s1. The normalized spacial score (nSPS) is 12.8. The van der Waals surface area contributed by atoms with Crippen LogP contribution in [-0.4, -0.2) is 10.5 Å². The van der Waals surface area contributed by atoms with E-state index in [9.17, 15) is 4.21 Å². The van der Waals surface area contributed by atoms with Crippen LogP contribution >= 0.6 is 0 Å². The predicted molar refractivity (Wildman–Crippen MR) is 53.4 cm³/mol. The summed E-state index contributed by atoms with van der Waals surface area (Å²) in [6, 6.07) is 5.72. The van der Waals surface area contributed by atoms with Gasteiger partial charge in [-0.25, -0.2) is 0 Å². The molecule has 66 valence electrons. The fourth-order valence-electron chi connectivity index (χ4n) is 1.08. The van der Waals surface area contributed by atoms with Crippen molar-refractivity contribution in [3.05, 3.63) is 29.3 Å². The average Bonchev–Trinajstić information content (AvgIpc) is 1.98. The summed E-state index contributed by atoms with van der Waals surface area (Å²) in [6.45, 7) is 1.96. The van der Waals surface area contributed by atoms with Gasteiger partial charge in [0, 0.05) is 28.5 Å². The van der Waals surface area contributed by atoms with Crippen LogP contribution in [0.15, 0.2) is 18.2 Å². The van der Waals surface area contributed by atoms with E-state index in [-0.39, 0.29) is 0 Å². The third kappa shape index (κ3) is 2.08. The van der Waals surface area contributed by atoms with E-state index in [1.807, 2.05) is 25.1 Å². The largest absolute Gasteiger partial charge is 0.399 e. The van der Waals surface area contributed by atoms with Crippen molar-refractivity contribution in [2.24, 2.45) is 0 Å². The van der Waals surface area contributed by atoms with Crippen LogP contribution in [0.4, 0.5) is 5.69 Å². The number of benzene rings is 1. The van der Waals surface area contributed by atoms with Gasteiger partial charge in [0.2, 0.25) is 0 Å². The molecule has 12 heavy (non-hydrogen) atoms. The highest BCUT2D eigenvalue weighted by Crippen LogP contribution is 2.16. The Balaban J connectivity index is 3.00. The molecule has 0 amide bonds. The van der Waals surface area contributed by atoms with E-state index >= 15 is 0 Å². The SMILES string of the molecule is Cc1c(N)cccc1C[S@](C)=O. The smallest absolute Gasteiger partial charge is 0.0486 e. The van der Waals surface area contributed by atoms with Gasteiger partial charge >= 0.3 is 0 Å². The molecule has 0 aliphatic heterocycles. The summed E-state index contributed by atoms with van der Waals surface area (Å²) in [7, 11) is -0.791. The summed E-state index contributed by atoms with van der Waals surface area (Å²) in [5.74, 6) is 0.594. The van der Waals surface area contributed by atoms with E-state index < -0.39 is 10.8 Å². The van der Waals surface area contributed by atoms with Crippen molar-refractivity contribution in [1.29, 1.82) is 0 Å².